The van der Waals surface area contributed by atoms with Crippen LogP contribution in [0.15, 0.2) is 6.07 Å². The summed E-state index contributed by atoms with van der Waals surface area (Å²) in [5.41, 5.74) is 3.81. The molecular formula is C11H13NO. The normalized spacial score (nSPS) is 9.46. The minimum absolute atomic E-state index is 0.732. The Morgan fingerprint density at radius 1 is 1.23 bits per heavy atom. The monoisotopic (exact) mass is 175 g/mol. The van der Waals surface area contributed by atoms with Gasteiger partial charge in [0, 0.05) is 0 Å². The molecule has 0 atom stereocenters. The zero-order valence-electron chi connectivity index (χ0n) is 8.43. The van der Waals surface area contributed by atoms with E-state index in [1.165, 1.54) is 0 Å². The Morgan fingerprint density at radius 3 is 2.31 bits per heavy atom. The summed E-state index contributed by atoms with van der Waals surface area (Å²) in [4.78, 5) is 0. The highest BCUT2D eigenvalue weighted by Crippen LogP contribution is 2.27. The lowest BCUT2D eigenvalue weighted by Gasteiger charge is -2.11. The van der Waals surface area contributed by atoms with E-state index in [0.29, 0.717) is 0 Å². The van der Waals surface area contributed by atoms with E-state index in [-0.39, 0.29) is 0 Å². The quantitative estimate of drug-likeness (QED) is 0.657. The molecular weight excluding hydrogens is 162 g/mol. The zero-order chi connectivity index (χ0) is 10.0. The van der Waals surface area contributed by atoms with E-state index in [4.69, 9.17) is 10.00 Å². The molecule has 2 heteroatoms. The molecule has 0 aromatic heterocycles. The van der Waals surface area contributed by atoms with E-state index >= 15 is 0 Å². The van der Waals surface area contributed by atoms with Gasteiger partial charge in [-0.2, -0.15) is 5.26 Å². The molecule has 0 saturated heterocycles. The number of methoxy groups -OCH3 is 1. The molecule has 0 aliphatic heterocycles. The SMILES string of the molecule is COc1c(C)cc(C#N)c(C)c1C. The first-order chi connectivity index (χ1) is 6.11. The van der Waals surface area contributed by atoms with Crippen LogP contribution in [-0.2, 0) is 0 Å². The number of hydrogen-bond acceptors (Lipinski definition) is 2. The smallest absolute Gasteiger partial charge is 0.125 e. The molecule has 0 bridgehead atoms. The van der Waals surface area contributed by atoms with Crippen molar-refractivity contribution in [1.29, 1.82) is 5.26 Å². The number of aryl methyl sites for hydroxylation is 1. The fourth-order valence-electron chi connectivity index (χ4n) is 1.49. The van der Waals surface area contributed by atoms with Gasteiger partial charge < -0.3 is 4.74 Å². The third kappa shape index (κ3) is 1.50. The summed E-state index contributed by atoms with van der Waals surface area (Å²) in [6.07, 6.45) is 0. The zero-order valence-corrected chi connectivity index (χ0v) is 8.43. The minimum atomic E-state index is 0.732. The Hall–Kier alpha value is -1.49. The number of rotatable bonds is 1. The summed E-state index contributed by atoms with van der Waals surface area (Å²) < 4.78 is 5.25. The van der Waals surface area contributed by atoms with E-state index in [2.05, 4.69) is 6.07 Å². The second-order valence-electron chi connectivity index (χ2n) is 3.14. The number of nitriles is 1. The van der Waals surface area contributed by atoms with Gasteiger partial charge in [-0.3, -0.25) is 0 Å². The summed E-state index contributed by atoms with van der Waals surface area (Å²) in [7, 11) is 1.65. The first-order valence-corrected chi connectivity index (χ1v) is 4.16. The largest absolute Gasteiger partial charge is 0.496 e. The molecule has 1 aromatic rings. The lowest BCUT2D eigenvalue weighted by Crippen LogP contribution is -1.96. The number of nitrogens with zero attached hydrogens (tertiary/aromatic N) is 1. The second-order valence-corrected chi connectivity index (χ2v) is 3.14. The van der Waals surface area contributed by atoms with Crippen molar-refractivity contribution in [1.82, 2.24) is 0 Å². The van der Waals surface area contributed by atoms with Gasteiger partial charge in [-0.05, 0) is 43.5 Å². The van der Waals surface area contributed by atoms with Crippen molar-refractivity contribution in [3.05, 3.63) is 28.3 Å². The van der Waals surface area contributed by atoms with Crippen molar-refractivity contribution >= 4 is 0 Å². The third-order valence-corrected chi connectivity index (χ3v) is 2.35. The minimum Gasteiger partial charge on any atom is -0.496 e. The van der Waals surface area contributed by atoms with E-state index in [1.54, 1.807) is 7.11 Å². The van der Waals surface area contributed by atoms with Crippen molar-refractivity contribution < 1.29 is 4.74 Å². The Balaban J connectivity index is 3.48. The lowest BCUT2D eigenvalue weighted by molar-refractivity contribution is 0.408. The van der Waals surface area contributed by atoms with Crippen molar-refractivity contribution in [3.63, 3.8) is 0 Å². The summed E-state index contributed by atoms with van der Waals surface area (Å²) in [6, 6.07) is 4.03. The van der Waals surface area contributed by atoms with Crippen LogP contribution in [0.25, 0.3) is 0 Å². The van der Waals surface area contributed by atoms with Gasteiger partial charge in [-0.15, -0.1) is 0 Å². The number of hydrogen-bond donors (Lipinski definition) is 0. The van der Waals surface area contributed by atoms with E-state index < -0.39 is 0 Å². The van der Waals surface area contributed by atoms with Crippen LogP contribution in [0, 0.1) is 32.1 Å². The highest BCUT2D eigenvalue weighted by Gasteiger charge is 2.09. The third-order valence-electron chi connectivity index (χ3n) is 2.35. The van der Waals surface area contributed by atoms with Gasteiger partial charge in [-0.1, -0.05) is 0 Å². The predicted molar refractivity (Wildman–Crippen MR) is 51.9 cm³/mol. The van der Waals surface area contributed by atoms with Crippen molar-refractivity contribution in [2.75, 3.05) is 7.11 Å². The standard InChI is InChI=1S/C11H13NO/c1-7-5-10(6-12)8(2)9(3)11(7)13-4/h5H,1-4H3. The molecule has 0 unspecified atom stereocenters. The van der Waals surface area contributed by atoms with Crippen LogP contribution >= 0.6 is 0 Å². The summed E-state index contributed by atoms with van der Waals surface area (Å²) in [5, 5.41) is 8.84. The summed E-state index contributed by atoms with van der Waals surface area (Å²) >= 11 is 0. The molecule has 0 aliphatic carbocycles. The van der Waals surface area contributed by atoms with Gasteiger partial charge in [0.2, 0.25) is 0 Å². The van der Waals surface area contributed by atoms with Gasteiger partial charge in [0.1, 0.15) is 5.75 Å². The molecule has 0 spiro atoms. The topological polar surface area (TPSA) is 33.0 Å². The molecule has 68 valence electrons. The fourth-order valence-corrected chi connectivity index (χ4v) is 1.49. The summed E-state index contributed by atoms with van der Waals surface area (Å²) in [5.74, 6) is 0.886. The molecule has 13 heavy (non-hydrogen) atoms. The average Bonchev–Trinajstić information content (AvgIpc) is 2.12. The molecule has 2 nitrogen and oxygen atoms in total. The first-order valence-electron chi connectivity index (χ1n) is 4.16. The average molecular weight is 175 g/mol. The Kier molecular flexibility index (Phi) is 2.57. The van der Waals surface area contributed by atoms with Gasteiger partial charge in [0.25, 0.3) is 0 Å². The molecule has 0 radical (unpaired) electrons. The Labute approximate surface area is 78.8 Å². The highest BCUT2D eigenvalue weighted by molar-refractivity contribution is 5.52. The van der Waals surface area contributed by atoms with Crippen LogP contribution in [0.3, 0.4) is 0 Å². The van der Waals surface area contributed by atoms with Crippen LogP contribution < -0.4 is 4.74 Å². The predicted octanol–water partition coefficient (Wildman–Crippen LogP) is 2.49. The maximum Gasteiger partial charge on any atom is 0.125 e. The molecule has 0 N–H and O–H groups in total. The molecule has 0 aliphatic rings. The van der Waals surface area contributed by atoms with Crippen LogP contribution in [0.5, 0.6) is 5.75 Å². The van der Waals surface area contributed by atoms with Crippen molar-refractivity contribution in [2.45, 2.75) is 20.8 Å². The van der Waals surface area contributed by atoms with Crippen LogP contribution in [0.2, 0.25) is 0 Å². The van der Waals surface area contributed by atoms with Gasteiger partial charge in [-0.25, -0.2) is 0 Å². The molecule has 0 fully saturated rings. The molecule has 0 heterocycles. The van der Waals surface area contributed by atoms with Crippen LogP contribution in [0.4, 0.5) is 0 Å². The maximum absolute atomic E-state index is 8.84. The van der Waals surface area contributed by atoms with E-state index in [1.807, 2.05) is 26.8 Å². The summed E-state index contributed by atoms with van der Waals surface area (Å²) in [6.45, 7) is 5.87. The van der Waals surface area contributed by atoms with Crippen molar-refractivity contribution in [2.24, 2.45) is 0 Å². The van der Waals surface area contributed by atoms with E-state index in [0.717, 1.165) is 28.0 Å². The van der Waals surface area contributed by atoms with Crippen LogP contribution in [-0.4, -0.2) is 7.11 Å². The van der Waals surface area contributed by atoms with Crippen molar-refractivity contribution in [3.8, 4) is 11.8 Å². The first kappa shape index (κ1) is 9.60. The molecule has 0 saturated carbocycles. The number of benzene rings is 1. The Bertz CT molecular complexity index is 371. The van der Waals surface area contributed by atoms with Gasteiger partial charge >= 0.3 is 0 Å². The Morgan fingerprint density at radius 2 is 1.85 bits per heavy atom. The second kappa shape index (κ2) is 3.49. The fraction of sp³-hybridized carbons (Fsp3) is 0.364. The molecule has 1 aromatic carbocycles. The van der Waals surface area contributed by atoms with Gasteiger partial charge in [0.15, 0.2) is 0 Å². The molecule has 0 amide bonds. The highest BCUT2D eigenvalue weighted by atomic mass is 16.5. The lowest BCUT2D eigenvalue weighted by atomic mass is 9.99. The maximum atomic E-state index is 8.84. The van der Waals surface area contributed by atoms with E-state index in [9.17, 15) is 0 Å². The van der Waals surface area contributed by atoms with Gasteiger partial charge in [0.05, 0.1) is 18.7 Å². The van der Waals surface area contributed by atoms with Crippen LogP contribution in [0.1, 0.15) is 22.3 Å². The molecule has 1 rings (SSSR count). The number of ether oxygens (including phenoxy) is 1.